The molecule has 6 heteroatoms. The van der Waals surface area contributed by atoms with Crippen molar-refractivity contribution in [1.29, 1.82) is 0 Å². The van der Waals surface area contributed by atoms with Crippen molar-refractivity contribution in [2.75, 3.05) is 13.6 Å². The highest BCUT2D eigenvalue weighted by molar-refractivity contribution is 6.21. The summed E-state index contributed by atoms with van der Waals surface area (Å²) in [6.07, 6.45) is 1.11. The van der Waals surface area contributed by atoms with Gasteiger partial charge in [-0.3, -0.25) is 15.2 Å². The molecule has 0 aromatic carbocycles. The van der Waals surface area contributed by atoms with E-state index in [0.29, 0.717) is 18.1 Å². The average molecular weight is 258 g/mol. The molecule has 96 valence electrons. The second kappa shape index (κ2) is 4.02. The van der Waals surface area contributed by atoms with E-state index >= 15 is 0 Å². The highest BCUT2D eigenvalue weighted by Crippen LogP contribution is 2.35. The van der Waals surface area contributed by atoms with Crippen molar-refractivity contribution in [3.63, 3.8) is 0 Å². The van der Waals surface area contributed by atoms with E-state index in [1.54, 1.807) is 0 Å². The van der Waals surface area contributed by atoms with Gasteiger partial charge < -0.3 is 5.43 Å². The fourth-order valence-electron chi connectivity index (χ4n) is 3.29. The van der Waals surface area contributed by atoms with Crippen LogP contribution in [0.1, 0.15) is 20.3 Å². The van der Waals surface area contributed by atoms with Gasteiger partial charge in [-0.1, -0.05) is 0 Å². The lowest BCUT2D eigenvalue weighted by atomic mass is 9.92. The molecule has 0 saturated carbocycles. The van der Waals surface area contributed by atoms with Gasteiger partial charge >= 0.3 is 0 Å². The lowest BCUT2D eigenvalue weighted by Crippen LogP contribution is -2.69. The molecule has 0 aromatic heterocycles. The number of halogens is 1. The van der Waals surface area contributed by atoms with E-state index in [4.69, 9.17) is 11.6 Å². The Hall–Kier alpha value is -0.490. The summed E-state index contributed by atoms with van der Waals surface area (Å²) in [6, 6.07) is 1.14. The van der Waals surface area contributed by atoms with Gasteiger partial charge in [0.1, 0.15) is 5.50 Å². The van der Waals surface area contributed by atoms with Crippen LogP contribution in [0.15, 0.2) is 11.4 Å². The maximum atomic E-state index is 6.43. The Bertz CT molecular complexity index is 358. The highest BCUT2D eigenvalue weighted by Gasteiger charge is 2.48. The number of nitrogens with one attached hydrogen (secondary N) is 3. The molecule has 3 rings (SSSR count). The van der Waals surface area contributed by atoms with Crippen molar-refractivity contribution >= 4 is 11.6 Å². The SMILES string of the molecule is CC1=C2C(C)N(C)C3C(Cl)NCCC3N2NN1. The van der Waals surface area contributed by atoms with Crippen LogP contribution in [0.5, 0.6) is 0 Å². The minimum absolute atomic E-state index is 0.0189. The van der Waals surface area contributed by atoms with Gasteiger partial charge in [0, 0.05) is 5.70 Å². The number of likely N-dealkylation sites (N-methyl/N-ethyl adjacent to an activating group) is 1. The van der Waals surface area contributed by atoms with Gasteiger partial charge in [0.25, 0.3) is 0 Å². The molecule has 3 heterocycles. The van der Waals surface area contributed by atoms with Crippen LogP contribution in [-0.2, 0) is 0 Å². The first-order valence-corrected chi connectivity index (χ1v) is 6.66. The van der Waals surface area contributed by atoms with Crippen LogP contribution < -0.4 is 16.3 Å². The number of piperidine rings is 1. The van der Waals surface area contributed by atoms with E-state index in [9.17, 15) is 0 Å². The standard InChI is InChI=1S/C11H20ClN5/c1-6-9-7(2)16(3)10-8(17(9)15-14-6)4-5-13-11(10)12/h7-8,10-11,13-15H,4-5H2,1-3H3. The number of nitrogens with zero attached hydrogens (tertiary/aromatic N) is 2. The molecular formula is C11H20ClN5. The third-order valence-corrected chi connectivity index (χ3v) is 4.70. The third kappa shape index (κ3) is 1.57. The Balaban J connectivity index is 1.97. The monoisotopic (exact) mass is 257 g/mol. The first-order valence-electron chi connectivity index (χ1n) is 6.22. The Morgan fingerprint density at radius 3 is 2.94 bits per heavy atom. The van der Waals surface area contributed by atoms with E-state index in [2.05, 4.69) is 47.1 Å². The summed E-state index contributed by atoms with van der Waals surface area (Å²) in [5.41, 5.74) is 9.08. The maximum absolute atomic E-state index is 6.43. The second-order valence-electron chi connectivity index (χ2n) is 5.16. The van der Waals surface area contributed by atoms with E-state index in [-0.39, 0.29) is 5.50 Å². The molecular weight excluding hydrogens is 238 g/mol. The molecule has 3 aliphatic rings. The molecule has 0 bridgehead atoms. The fourth-order valence-corrected chi connectivity index (χ4v) is 3.75. The van der Waals surface area contributed by atoms with Crippen LogP contribution in [0.3, 0.4) is 0 Å². The number of hydrogen-bond donors (Lipinski definition) is 3. The van der Waals surface area contributed by atoms with Crippen LogP contribution in [0.25, 0.3) is 0 Å². The molecule has 0 aromatic rings. The summed E-state index contributed by atoms with van der Waals surface area (Å²) in [4.78, 5) is 2.39. The topological polar surface area (TPSA) is 42.6 Å². The quantitative estimate of drug-likeness (QED) is 0.427. The van der Waals surface area contributed by atoms with Crippen molar-refractivity contribution in [1.82, 2.24) is 26.2 Å². The number of piperazine rings is 1. The molecule has 0 radical (unpaired) electrons. The number of fused-ring (bicyclic) bond motifs is 3. The van der Waals surface area contributed by atoms with Crippen molar-refractivity contribution in [3.8, 4) is 0 Å². The normalized spacial score (nSPS) is 42.2. The highest BCUT2D eigenvalue weighted by atomic mass is 35.5. The zero-order valence-electron chi connectivity index (χ0n) is 10.5. The predicted octanol–water partition coefficient (Wildman–Crippen LogP) is 0.172. The summed E-state index contributed by atoms with van der Waals surface area (Å²) in [5.74, 6) is 0. The van der Waals surface area contributed by atoms with Crippen molar-refractivity contribution in [2.45, 2.75) is 43.9 Å². The molecule has 4 atom stereocenters. The Kier molecular flexibility index (Phi) is 2.74. The predicted molar refractivity (Wildman–Crippen MR) is 67.9 cm³/mol. The average Bonchev–Trinajstić information content (AvgIpc) is 2.68. The van der Waals surface area contributed by atoms with Gasteiger partial charge in [-0.25, -0.2) is 0 Å². The van der Waals surface area contributed by atoms with Crippen molar-refractivity contribution < 1.29 is 0 Å². The molecule has 4 unspecified atom stereocenters. The van der Waals surface area contributed by atoms with Gasteiger partial charge in [0.15, 0.2) is 0 Å². The largest absolute Gasteiger partial charge is 0.306 e. The molecule has 17 heavy (non-hydrogen) atoms. The minimum Gasteiger partial charge on any atom is -0.306 e. The molecule has 2 fully saturated rings. The Labute approximate surface area is 107 Å². The zero-order chi connectivity index (χ0) is 12.2. The number of alkyl halides is 1. The molecule has 0 spiro atoms. The van der Waals surface area contributed by atoms with Crippen LogP contribution >= 0.6 is 11.6 Å². The second-order valence-corrected chi connectivity index (χ2v) is 5.63. The van der Waals surface area contributed by atoms with Gasteiger partial charge in [-0.2, -0.15) is 0 Å². The summed E-state index contributed by atoms with van der Waals surface area (Å²) >= 11 is 6.43. The lowest BCUT2D eigenvalue weighted by molar-refractivity contribution is -0.00796. The van der Waals surface area contributed by atoms with E-state index in [0.717, 1.165) is 13.0 Å². The van der Waals surface area contributed by atoms with Gasteiger partial charge in [-0.05, 0) is 33.9 Å². The molecule has 0 amide bonds. The molecule has 5 nitrogen and oxygen atoms in total. The summed E-state index contributed by atoms with van der Waals surface area (Å²) in [7, 11) is 2.17. The van der Waals surface area contributed by atoms with Gasteiger partial charge in [0.2, 0.25) is 0 Å². The van der Waals surface area contributed by atoms with Gasteiger partial charge in [0.05, 0.1) is 23.8 Å². The first kappa shape index (κ1) is 11.6. The number of hydrazine groups is 2. The summed E-state index contributed by atoms with van der Waals surface area (Å²) in [6.45, 7) is 5.32. The molecule has 0 aliphatic carbocycles. The number of hydrogen-bond acceptors (Lipinski definition) is 5. The van der Waals surface area contributed by atoms with E-state index in [1.165, 1.54) is 11.4 Å². The minimum atomic E-state index is 0.0189. The zero-order valence-corrected chi connectivity index (χ0v) is 11.3. The van der Waals surface area contributed by atoms with Crippen LogP contribution in [0.4, 0.5) is 0 Å². The lowest BCUT2D eigenvalue weighted by Gasteiger charge is -2.53. The smallest absolute Gasteiger partial charge is 0.100 e. The van der Waals surface area contributed by atoms with Gasteiger partial charge in [-0.15, -0.1) is 17.1 Å². The third-order valence-electron chi connectivity index (χ3n) is 4.29. The van der Waals surface area contributed by atoms with E-state index in [1.807, 2.05) is 0 Å². The Morgan fingerprint density at radius 1 is 1.41 bits per heavy atom. The maximum Gasteiger partial charge on any atom is 0.100 e. The van der Waals surface area contributed by atoms with Crippen molar-refractivity contribution in [3.05, 3.63) is 11.4 Å². The molecule has 3 N–H and O–H groups in total. The molecule has 2 saturated heterocycles. The summed E-state index contributed by atoms with van der Waals surface area (Å²) in [5, 5.41) is 5.63. The number of rotatable bonds is 0. The number of allylic oxidation sites excluding steroid dienone is 1. The molecule has 3 aliphatic heterocycles. The van der Waals surface area contributed by atoms with Crippen LogP contribution in [-0.4, -0.2) is 47.1 Å². The first-order chi connectivity index (χ1) is 8.11. The van der Waals surface area contributed by atoms with E-state index < -0.39 is 0 Å². The van der Waals surface area contributed by atoms with Crippen molar-refractivity contribution in [2.24, 2.45) is 0 Å². The fraction of sp³-hybridized carbons (Fsp3) is 0.818. The van der Waals surface area contributed by atoms with Crippen LogP contribution in [0.2, 0.25) is 0 Å². The van der Waals surface area contributed by atoms with Crippen LogP contribution in [0, 0.1) is 0 Å². The summed E-state index contributed by atoms with van der Waals surface area (Å²) < 4.78 is 0. The Morgan fingerprint density at radius 2 is 2.18 bits per heavy atom.